The second-order valence-electron chi connectivity index (χ2n) is 10.2. The van der Waals surface area contributed by atoms with Crippen molar-refractivity contribution < 1.29 is 38.6 Å². The topological polar surface area (TPSA) is 168 Å². The summed E-state index contributed by atoms with van der Waals surface area (Å²) < 4.78 is 5.28. The van der Waals surface area contributed by atoms with Gasteiger partial charge in [0.1, 0.15) is 11.8 Å². The molecule has 0 saturated heterocycles. The molecule has 1 aromatic rings. The van der Waals surface area contributed by atoms with E-state index in [1.165, 1.54) is 14.0 Å². The Bertz CT molecular complexity index is 1080. The Morgan fingerprint density at radius 2 is 1.69 bits per heavy atom. The van der Waals surface area contributed by atoms with Crippen molar-refractivity contribution in [3.05, 3.63) is 29.3 Å². The average molecular weight is 546 g/mol. The quantitative estimate of drug-likeness (QED) is 0.257. The molecule has 1 saturated carbocycles. The number of carboxylic acids is 1. The van der Waals surface area contributed by atoms with Crippen molar-refractivity contribution in [1.82, 2.24) is 16.0 Å². The molecule has 0 spiro atoms. The Balaban J connectivity index is 2.06. The number of hydrogen-bond acceptors (Lipinski definition) is 7. The summed E-state index contributed by atoms with van der Waals surface area (Å²) in [5.74, 6) is -3.78. The lowest BCUT2D eigenvalue weighted by Crippen LogP contribution is -2.55. The number of rotatable bonds is 14. The van der Waals surface area contributed by atoms with Gasteiger partial charge in [-0.1, -0.05) is 33.1 Å². The number of hydrogen-bond donors (Lipinski definition) is 4. The number of nitrogens with one attached hydrogen (secondary N) is 3. The van der Waals surface area contributed by atoms with Crippen LogP contribution >= 0.6 is 0 Å². The van der Waals surface area contributed by atoms with Gasteiger partial charge in [0, 0.05) is 17.0 Å². The van der Waals surface area contributed by atoms with Gasteiger partial charge in [-0.15, -0.1) is 0 Å². The molecule has 1 aliphatic rings. The molecule has 1 aromatic carbocycles. The summed E-state index contributed by atoms with van der Waals surface area (Å²) in [5, 5.41) is 17.0. The largest absolute Gasteiger partial charge is 0.496 e. The highest BCUT2D eigenvalue weighted by Crippen LogP contribution is 2.23. The predicted octanol–water partition coefficient (Wildman–Crippen LogP) is 1.81. The molecule has 214 valence electrons. The first-order valence-electron chi connectivity index (χ1n) is 13.2. The van der Waals surface area contributed by atoms with Crippen molar-refractivity contribution in [1.29, 1.82) is 0 Å². The Hall–Kier alpha value is -3.76. The van der Waals surface area contributed by atoms with Crippen LogP contribution in [0.5, 0.6) is 5.75 Å². The smallest absolute Gasteiger partial charge is 0.305 e. The van der Waals surface area contributed by atoms with Gasteiger partial charge in [0.2, 0.25) is 17.7 Å². The minimum atomic E-state index is -1.38. The van der Waals surface area contributed by atoms with E-state index in [9.17, 15) is 33.9 Å². The van der Waals surface area contributed by atoms with Crippen molar-refractivity contribution in [2.75, 3.05) is 13.7 Å². The SMILES string of the molecule is COc1ccc(C(C)=O)cc1CC(=O)N[C@H](C(=O)N[C@@H](CC(=O)O)C(=O)CNC(=O)C1CCCCC1)C(C)C. The maximum absolute atomic E-state index is 13.1. The fourth-order valence-corrected chi connectivity index (χ4v) is 4.56. The predicted molar refractivity (Wildman–Crippen MR) is 142 cm³/mol. The van der Waals surface area contributed by atoms with Gasteiger partial charge in [0.25, 0.3) is 0 Å². The van der Waals surface area contributed by atoms with Gasteiger partial charge in [-0.25, -0.2) is 0 Å². The molecular formula is C28H39N3O8. The highest BCUT2D eigenvalue weighted by molar-refractivity contribution is 5.97. The summed E-state index contributed by atoms with van der Waals surface area (Å²) in [6.07, 6.45) is 3.61. The molecule has 0 bridgehead atoms. The number of Topliss-reactive ketones (excluding diaryl/α,β-unsaturated/α-hetero) is 2. The van der Waals surface area contributed by atoms with Crippen LogP contribution < -0.4 is 20.7 Å². The summed E-state index contributed by atoms with van der Waals surface area (Å²) in [5.41, 5.74) is 0.862. The van der Waals surface area contributed by atoms with E-state index in [1.807, 2.05) is 0 Å². The van der Waals surface area contributed by atoms with Crippen LogP contribution in [0.2, 0.25) is 0 Å². The number of aliphatic carboxylic acids is 1. The van der Waals surface area contributed by atoms with E-state index < -0.39 is 54.5 Å². The van der Waals surface area contributed by atoms with Gasteiger partial charge in [0.15, 0.2) is 11.6 Å². The standard InChI is InChI=1S/C28H39N3O8/c1-16(2)26(31-24(34)13-20-12-19(17(3)32)10-11-23(20)39-4)28(38)30-21(14-25(35)36)22(33)15-29-27(37)18-8-6-5-7-9-18/h10-12,16,18,21,26H,5-9,13-15H2,1-4H3,(H,29,37)(H,30,38)(H,31,34)(H,35,36)/t21-,26-/m0/s1. The van der Waals surface area contributed by atoms with Gasteiger partial charge in [-0.2, -0.15) is 0 Å². The Morgan fingerprint density at radius 1 is 1.03 bits per heavy atom. The van der Waals surface area contributed by atoms with Crippen LogP contribution in [0.1, 0.15) is 75.2 Å². The summed E-state index contributed by atoms with van der Waals surface area (Å²) in [4.78, 5) is 74.3. The molecule has 0 aromatic heterocycles. The van der Waals surface area contributed by atoms with Gasteiger partial charge >= 0.3 is 5.97 Å². The molecule has 39 heavy (non-hydrogen) atoms. The first kappa shape index (κ1) is 31.5. The second-order valence-corrected chi connectivity index (χ2v) is 10.2. The van der Waals surface area contributed by atoms with Crippen LogP contribution in [0.25, 0.3) is 0 Å². The van der Waals surface area contributed by atoms with E-state index in [1.54, 1.807) is 32.0 Å². The number of carbonyl (C=O) groups excluding carboxylic acids is 5. The van der Waals surface area contributed by atoms with Gasteiger partial charge in [-0.3, -0.25) is 28.8 Å². The molecule has 0 radical (unpaired) electrons. The number of benzene rings is 1. The fraction of sp³-hybridized carbons (Fsp3) is 0.571. The van der Waals surface area contributed by atoms with Crippen LogP contribution in [0.15, 0.2) is 18.2 Å². The maximum Gasteiger partial charge on any atom is 0.305 e. The minimum Gasteiger partial charge on any atom is -0.496 e. The maximum atomic E-state index is 13.1. The number of carbonyl (C=O) groups is 6. The molecule has 0 heterocycles. The lowest BCUT2D eigenvalue weighted by molar-refractivity contribution is -0.140. The number of amides is 3. The molecule has 11 nitrogen and oxygen atoms in total. The van der Waals surface area contributed by atoms with Crippen molar-refractivity contribution >= 4 is 35.3 Å². The normalized spacial score (nSPS) is 15.1. The zero-order valence-corrected chi connectivity index (χ0v) is 23.0. The number of methoxy groups -OCH3 is 1. The third-order valence-electron chi connectivity index (χ3n) is 6.80. The molecule has 0 unspecified atom stereocenters. The van der Waals surface area contributed by atoms with Gasteiger partial charge in [-0.05, 0) is 43.9 Å². The third kappa shape index (κ3) is 9.81. The molecule has 2 rings (SSSR count). The van der Waals surface area contributed by atoms with Gasteiger partial charge < -0.3 is 25.8 Å². The third-order valence-corrected chi connectivity index (χ3v) is 6.80. The summed E-state index contributed by atoms with van der Waals surface area (Å²) in [7, 11) is 1.44. The van der Waals surface area contributed by atoms with Crippen LogP contribution in [0.4, 0.5) is 0 Å². The van der Waals surface area contributed by atoms with E-state index in [2.05, 4.69) is 16.0 Å². The first-order chi connectivity index (χ1) is 18.4. The van der Waals surface area contributed by atoms with Crippen LogP contribution in [-0.4, -0.2) is 66.1 Å². The highest BCUT2D eigenvalue weighted by Gasteiger charge is 2.31. The average Bonchev–Trinajstić information content (AvgIpc) is 2.89. The molecule has 1 aliphatic carbocycles. The van der Waals surface area contributed by atoms with Crippen molar-refractivity contribution in [3.8, 4) is 5.75 Å². The fourth-order valence-electron chi connectivity index (χ4n) is 4.56. The lowest BCUT2D eigenvalue weighted by Gasteiger charge is -2.25. The van der Waals surface area contributed by atoms with Crippen LogP contribution in [-0.2, 0) is 30.4 Å². The molecule has 0 aliphatic heterocycles. The zero-order chi connectivity index (χ0) is 29.1. The summed E-state index contributed by atoms with van der Waals surface area (Å²) in [6.45, 7) is 4.39. The molecule has 11 heteroatoms. The first-order valence-corrected chi connectivity index (χ1v) is 13.2. The van der Waals surface area contributed by atoms with Crippen LogP contribution in [0, 0.1) is 11.8 Å². The zero-order valence-electron chi connectivity index (χ0n) is 23.0. The van der Waals surface area contributed by atoms with Crippen LogP contribution in [0.3, 0.4) is 0 Å². The van der Waals surface area contributed by atoms with E-state index in [0.717, 1.165) is 32.1 Å². The highest BCUT2D eigenvalue weighted by atomic mass is 16.5. The van der Waals surface area contributed by atoms with E-state index in [-0.39, 0.29) is 24.0 Å². The van der Waals surface area contributed by atoms with E-state index >= 15 is 0 Å². The van der Waals surface area contributed by atoms with Crippen molar-refractivity contribution in [2.24, 2.45) is 11.8 Å². The summed E-state index contributed by atoms with van der Waals surface area (Å²) in [6, 6.07) is 2.27. The van der Waals surface area contributed by atoms with Crippen molar-refractivity contribution in [2.45, 2.75) is 77.8 Å². The second kappa shape index (κ2) is 15.0. The minimum absolute atomic E-state index is 0.172. The summed E-state index contributed by atoms with van der Waals surface area (Å²) >= 11 is 0. The Kier molecular flexibility index (Phi) is 12.1. The molecule has 2 atom stereocenters. The monoisotopic (exact) mass is 545 g/mol. The van der Waals surface area contributed by atoms with Crippen molar-refractivity contribution in [3.63, 3.8) is 0 Å². The van der Waals surface area contributed by atoms with Gasteiger partial charge in [0.05, 0.1) is 32.5 Å². The number of ketones is 2. The Labute approximate surface area is 228 Å². The number of ether oxygens (including phenoxy) is 1. The molecular weight excluding hydrogens is 506 g/mol. The molecule has 1 fully saturated rings. The van der Waals surface area contributed by atoms with E-state index in [4.69, 9.17) is 4.74 Å². The lowest BCUT2D eigenvalue weighted by atomic mass is 9.88. The molecule has 3 amide bonds. The van der Waals surface area contributed by atoms with E-state index in [0.29, 0.717) is 16.9 Å². The molecule has 4 N–H and O–H groups in total. The Morgan fingerprint density at radius 3 is 2.26 bits per heavy atom. The number of carboxylic acid groups (broad SMARTS) is 1.